The molecule has 0 bridgehead atoms. The van der Waals surface area contributed by atoms with Gasteiger partial charge in [0.15, 0.2) is 0 Å². The van der Waals surface area contributed by atoms with Crippen LogP contribution in [0.2, 0.25) is 0 Å². The molecule has 0 aliphatic heterocycles. The molecule has 1 aromatic heterocycles. The van der Waals surface area contributed by atoms with E-state index in [1.165, 1.54) is 0 Å². The monoisotopic (exact) mass is 279 g/mol. The maximum absolute atomic E-state index is 11.5. The largest absolute Gasteiger partial charge is 0.478 e. The van der Waals surface area contributed by atoms with Crippen LogP contribution in [0.15, 0.2) is 6.07 Å². The van der Waals surface area contributed by atoms with Gasteiger partial charge in [0.05, 0.1) is 0 Å². The van der Waals surface area contributed by atoms with Crippen LogP contribution in [0, 0.1) is 13.8 Å². The molecule has 112 valence electrons. The number of carboxylic acid groups (broad SMARTS) is 1. The molecular formula is C15H25N3O2. The van der Waals surface area contributed by atoms with E-state index in [0.29, 0.717) is 11.4 Å². The van der Waals surface area contributed by atoms with Gasteiger partial charge in [0.2, 0.25) is 0 Å². The molecule has 1 rings (SSSR count). The van der Waals surface area contributed by atoms with Gasteiger partial charge in [-0.25, -0.2) is 9.78 Å². The van der Waals surface area contributed by atoms with E-state index in [0.717, 1.165) is 37.3 Å². The van der Waals surface area contributed by atoms with Gasteiger partial charge in [0.1, 0.15) is 11.4 Å². The number of carboxylic acids is 1. The Labute approximate surface area is 121 Å². The molecule has 0 atom stereocenters. The van der Waals surface area contributed by atoms with Crippen molar-refractivity contribution in [1.82, 2.24) is 9.88 Å². The third-order valence-electron chi connectivity index (χ3n) is 3.25. The van der Waals surface area contributed by atoms with E-state index in [4.69, 9.17) is 0 Å². The first kappa shape index (κ1) is 16.4. The lowest BCUT2D eigenvalue weighted by molar-refractivity contribution is 0.0696. The molecule has 0 aromatic carbocycles. The summed E-state index contributed by atoms with van der Waals surface area (Å²) in [6.07, 6.45) is 0.981. The summed E-state index contributed by atoms with van der Waals surface area (Å²) < 4.78 is 0. The molecule has 1 N–H and O–H groups in total. The van der Waals surface area contributed by atoms with Crippen molar-refractivity contribution in [3.05, 3.63) is 22.9 Å². The molecule has 0 spiro atoms. The van der Waals surface area contributed by atoms with Crippen LogP contribution in [-0.2, 0) is 0 Å². The first-order valence-corrected chi connectivity index (χ1v) is 6.98. The number of nitrogens with zero attached hydrogens (tertiary/aromatic N) is 3. The van der Waals surface area contributed by atoms with Crippen LogP contribution < -0.4 is 4.90 Å². The third kappa shape index (κ3) is 4.20. The summed E-state index contributed by atoms with van der Waals surface area (Å²) in [5, 5.41) is 9.42. The summed E-state index contributed by atoms with van der Waals surface area (Å²) in [6, 6.07) is 1.82. The highest BCUT2D eigenvalue weighted by Gasteiger charge is 2.19. The zero-order valence-corrected chi connectivity index (χ0v) is 13.1. The van der Waals surface area contributed by atoms with Crippen LogP contribution in [0.5, 0.6) is 0 Å². The van der Waals surface area contributed by atoms with E-state index in [9.17, 15) is 9.90 Å². The molecule has 1 heterocycles. The minimum Gasteiger partial charge on any atom is -0.478 e. The minimum atomic E-state index is -0.906. The molecule has 0 saturated heterocycles. The highest BCUT2D eigenvalue weighted by molar-refractivity contribution is 5.95. The smallest absolute Gasteiger partial charge is 0.339 e. The number of carbonyl (C=O) groups is 1. The van der Waals surface area contributed by atoms with Crippen molar-refractivity contribution in [2.75, 3.05) is 38.6 Å². The minimum absolute atomic E-state index is 0.322. The molecule has 0 saturated carbocycles. The maximum atomic E-state index is 11.5. The Morgan fingerprint density at radius 1 is 1.30 bits per heavy atom. The lowest BCUT2D eigenvalue weighted by Crippen LogP contribution is -2.30. The number of aromatic carboxylic acids is 1. The maximum Gasteiger partial charge on any atom is 0.339 e. The number of anilines is 1. The van der Waals surface area contributed by atoms with E-state index in [2.05, 4.69) is 9.88 Å². The molecule has 5 heteroatoms. The Bertz CT molecular complexity index is 472. The van der Waals surface area contributed by atoms with Crippen molar-refractivity contribution in [1.29, 1.82) is 0 Å². The van der Waals surface area contributed by atoms with Crippen molar-refractivity contribution in [2.24, 2.45) is 0 Å². The van der Waals surface area contributed by atoms with Gasteiger partial charge < -0.3 is 14.9 Å². The van der Waals surface area contributed by atoms with E-state index in [-0.39, 0.29) is 0 Å². The average Bonchev–Trinajstić information content (AvgIpc) is 2.32. The van der Waals surface area contributed by atoms with Crippen LogP contribution >= 0.6 is 0 Å². The Hall–Kier alpha value is -1.62. The number of rotatable bonds is 7. The Morgan fingerprint density at radius 3 is 2.45 bits per heavy atom. The summed E-state index contributed by atoms with van der Waals surface area (Å²) in [5.41, 5.74) is 1.95. The van der Waals surface area contributed by atoms with E-state index >= 15 is 0 Å². The molecule has 0 aliphatic rings. The molecule has 0 amide bonds. The van der Waals surface area contributed by atoms with Crippen molar-refractivity contribution < 1.29 is 9.90 Å². The molecule has 1 aromatic rings. The van der Waals surface area contributed by atoms with Crippen LogP contribution in [0.1, 0.15) is 35.0 Å². The van der Waals surface area contributed by atoms with Crippen molar-refractivity contribution in [3.8, 4) is 0 Å². The fraction of sp³-hybridized carbons (Fsp3) is 0.600. The molecule has 0 aliphatic carbocycles. The average molecular weight is 279 g/mol. The van der Waals surface area contributed by atoms with Crippen LogP contribution in [0.4, 0.5) is 5.82 Å². The molecule has 20 heavy (non-hydrogen) atoms. The topological polar surface area (TPSA) is 56.7 Å². The summed E-state index contributed by atoms with van der Waals surface area (Å²) in [5.74, 6) is -0.313. The standard InChI is InChI=1S/C15H25N3O2/c1-6-18(9-7-8-17(4)5)14-13(15(19)20)11(2)10-12(3)16-14/h10H,6-9H2,1-5H3,(H,19,20). The van der Waals surface area contributed by atoms with E-state index in [1.807, 2.05) is 45.8 Å². The number of hydrogen-bond acceptors (Lipinski definition) is 4. The fourth-order valence-corrected chi connectivity index (χ4v) is 2.30. The second kappa shape index (κ2) is 7.24. The predicted molar refractivity (Wildman–Crippen MR) is 81.7 cm³/mol. The zero-order chi connectivity index (χ0) is 15.3. The third-order valence-corrected chi connectivity index (χ3v) is 3.25. The summed E-state index contributed by atoms with van der Waals surface area (Å²) in [4.78, 5) is 20.1. The van der Waals surface area contributed by atoms with Gasteiger partial charge in [-0.05, 0) is 59.5 Å². The van der Waals surface area contributed by atoms with Crippen LogP contribution in [0.3, 0.4) is 0 Å². The van der Waals surface area contributed by atoms with Gasteiger partial charge >= 0.3 is 5.97 Å². The molecule has 5 nitrogen and oxygen atoms in total. The van der Waals surface area contributed by atoms with Gasteiger partial charge in [-0.15, -0.1) is 0 Å². The van der Waals surface area contributed by atoms with Gasteiger partial charge in [-0.2, -0.15) is 0 Å². The highest BCUT2D eigenvalue weighted by Crippen LogP contribution is 2.22. The normalized spacial score (nSPS) is 10.9. The lowest BCUT2D eigenvalue weighted by Gasteiger charge is -2.25. The summed E-state index contributed by atoms with van der Waals surface area (Å²) >= 11 is 0. The van der Waals surface area contributed by atoms with Gasteiger partial charge in [0.25, 0.3) is 0 Å². The summed E-state index contributed by atoms with van der Waals surface area (Å²) in [7, 11) is 4.07. The first-order valence-electron chi connectivity index (χ1n) is 6.98. The van der Waals surface area contributed by atoms with Crippen molar-refractivity contribution in [2.45, 2.75) is 27.2 Å². The van der Waals surface area contributed by atoms with Gasteiger partial charge in [0, 0.05) is 18.8 Å². The van der Waals surface area contributed by atoms with Gasteiger partial charge in [-0.1, -0.05) is 0 Å². The Balaban J connectivity index is 3.04. The molecular weight excluding hydrogens is 254 g/mol. The number of aromatic nitrogens is 1. The second-order valence-electron chi connectivity index (χ2n) is 5.32. The van der Waals surface area contributed by atoms with Crippen molar-refractivity contribution in [3.63, 3.8) is 0 Å². The highest BCUT2D eigenvalue weighted by atomic mass is 16.4. The van der Waals surface area contributed by atoms with E-state index in [1.54, 1.807) is 0 Å². The SMILES string of the molecule is CCN(CCCN(C)C)c1nc(C)cc(C)c1C(=O)O. The van der Waals surface area contributed by atoms with Gasteiger partial charge in [-0.3, -0.25) is 0 Å². The Morgan fingerprint density at radius 2 is 1.95 bits per heavy atom. The molecule has 0 fully saturated rings. The molecule has 0 unspecified atom stereocenters. The zero-order valence-electron chi connectivity index (χ0n) is 13.1. The lowest BCUT2D eigenvalue weighted by atomic mass is 10.1. The van der Waals surface area contributed by atoms with E-state index < -0.39 is 5.97 Å². The quantitative estimate of drug-likeness (QED) is 0.829. The number of pyridine rings is 1. The summed E-state index contributed by atoms with van der Waals surface area (Å²) in [6.45, 7) is 8.30. The number of hydrogen-bond donors (Lipinski definition) is 1. The first-order chi connectivity index (χ1) is 9.36. The predicted octanol–water partition coefficient (Wildman–Crippen LogP) is 2.17. The fourth-order valence-electron chi connectivity index (χ4n) is 2.30. The van der Waals surface area contributed by atoms with Crippen LogP contribution in [0.25, 0.3) is 0 Å². The Kier molecular flexibility index (Phi) is 5.95. The van der Waals surface area contributed by atoms with Crippen molar-refractivity contribution >= 4 is 11.8 Å². The van der Waals surface area contributed by atoms with Crippen LogP contribution in [-0.4, -0.2) is 54.7 Å². The molecule has 0 radical (unpaired) electrons. The number of aryl methyl sites for hydroxylation is 2. The second-order valence-corrected chi connectivity index (χ2v) is 5.32.